The van der Waals surface area contributed by atoms with Crippen molar-refractivity contribution in [3.05, 3.63) is 12.7 Å². The first kappa shape index (κ1) is 13.7. The van der Waals surface area contributed by atoms with Crippen molar-refractivity contribution in [1.29, 1.82) is 0 Å². The van der Waals surface area contributed by atoms with Gasteiger partial charge in [-0.15, -0.1) is 6.58 Å². The average Bonchev–Trinajstić information content (AvgIpc) is 2.01. The summed E-state index contributed by atoms with van der Waals surface area (Å²) in [6, 6.07) is 0. The van der Waals surface area contributed by atoms with E-state index in [2.05, 4.69) is 6.58 Å². The quantitative estimate of drug-likeness (QED) is 0.414. The van der Waals surface area contributed by atoms with Crippen LogP contribution in [0.1, 0.15) is 26.7 Å². The predicted molar refractivity (Wildman–Crippen MR) is 51.3 cm³/mol. The van der Waals surface area contributed by atoms with Crippen LogP contribution in [0.4, 0.5) is 0 Å². The van der Waals surface area contributed by atoms with Crippen LogP contribution < -0.4 is 10.2 Å². The van der Waals surface area contributed by atoms with Crippen LogP contribution >= 0.6 is 0 Å². The van der Waals surface area contributed by atoms with Gasteiger partial charge in [0, 0.05) is 5.92 Å². The Balaban J connectivity index is 4.74. The van der Waals surface area contributed by atoms with Gasteiger partial charge in [-0.2, -0.15) is 0 Å². The maximum absolute atomic E-state index is 10.7. The smallest absolute Gasteiger partial charge is 0.0504 e. The molecule has 0 radical (unpaired) electrons. The van der Waals surface area contributed by atoms with Crippen LogP contribution in [0, 0.1) is 17.8 Å². The summed E-state index contributed by atoms with van der Waals surface area (Å²) in [5, 5.41) is 21.3. The molecule has 1 unspecified atom stereocenters. The minimum Gasteiger partial charge on any atom is -0.549 e. The lowest BCUT2D eigenvalue weighted by atomic mass is 9.83. The van der Waals surface area contributed by atoms with E-state index >= 15 is 0 Å². The van der Waals surface area contributed by atoms with Crippen LogP contribution in [0.5, 0.6) is 0 Å². The molecular weight excluding hydrogens is 196 g/mol. The molecule has 4 heteroatoms. The van der Waals surface area contributed by atoms with E-state index in [0.717, 1.165) is 0 Å². The van der Waals surface area contributed by atoms with Gasteiger partial charge in [0.15, 0.2) is 0 Å². The van der Waals surface area contributed by atoms with Crippen molar-refractivity contribution in [3.8, 4) is 0 Å². The van der Waals surface area contributed by atoms with Crippen molar-refractivity contribution in [3.63, 3.8) is 0 Å². The second-order valence-electron chi connectivity index (χ2n) is 4.03. The second kappa shape index (κ2) is 6.22. The molecule has 0 aliphatic carbocycles. The molecule has 0 saturated carbocycles. The van der Waals surface area contributed by atoms with E-state index in [-0.39, 0.29) is 5.92 Å². The number of allylic oxidation sites excluding steroid dienone is 1. The molecule has 0 spiro atoms. The number of carbonyl (C=O) groups excluding carboxylic acids is 2. The molecule has 0 saturated heterocycles. The molecule has 15 heavy (non-hydrogen) atoms. The summed E-state index contributed by atoms with van der Waals surface area (Å²) in [5.74, 6) is -5.00. The van der Waals surface area contributed by atoms with Gasteiger partial charge in [0.1, 0.15) is 0 Å². The third-order valence-corrected chi connectivity index (χ3v) is 2.22. The van der Waals surface area contributed by atoms with Gasteiger partial charge in [0.2, 0.25) is 0 Å². The lowest BCUT2D eigenvalue weighted by Crippen LogP contribution is -2.47. The maximum atomic E-state index is 10.7. The van der Waals surface area contributed by atoms with Crippen LogP contribution in [0.3, 0.4) is 0 Å². The fourth-order valence-electron chi connectivity index (χ4n) is 1.67. The molecule has 0 aromatic heterocycles. The highest BCUT2D eigenvalue weighted by atomic mass is 16.4. The highest BCUT2D eigenvalue weighted by Crippen LogP contribution is 2.24. The van der Waals surface area contributed by atoms with Crippen LogP contribution in [0.25, 0.3) is 0 Å². The van der Waals surface area contributed by atoms with Crippen molar-refractivity contribution in [2.75, 3.05) is 0 Å². The van der Waals surface area contributed by atoms with Gasteiger partial charge >= 0.3 is 0 Å². The van der Waals surface area contributed by atoms with Gasteiger partial charge in [-0.25, -0.2) is 0 Å². The molecule has 4 nitrogen and oxygen atoms in total. The number of hydrogen-bond donors (Lipinski definition) is 0. The Morgan fingerprint density at radius 1 is 1.27 bits per heavy atom. The Labute approximate surface area is 89.6 Å². The maximum Gasteiger partial charge on any atom is 0.0504 e. The molecule has 0 aliphatic rings. The van der Waals surface area contributed by atoms with Gasteiger partial charge < -0.3 is 19.8 Å². The summed E-state index contributed by atoms with van der Waals surface area (Å²) >= 11 is 0. The summed E-state index contributed by atoms with van der Waals surface area (Å²) < 4.78 is 0. The summed E-state index contributed by atoms with van der Waals surface area (Å²) in [5.41, 5.74) is 0. The fourth-order valence-corrected chi connectivity index (χ4v) is 1.67. The van der Waals surface area contributed by atoms with Crippen molar-refractivity contribution in [2.45, 2.75) is 26.7 Å². The Morgan fingerprint density at radius 2 is 1.73 bits per heavy atom. The monoisotopic (exact) mass is 212 g/mol. The molecule has 0 fully saturated rings. The molecule has 0 N–H and O–H groups in total. The number of aliphatic carboxylic acids is 2. The van der Waals surface area contributed by atoms with Crippen molar-refractivity contribution < 1.29 is 19.8 Å². The summed E-state index contributed by atoms with van der Waals surface area (Å²) in [7, 11) is 0. The average molecular weight is 212 g/mol. The predicted octanol–water partition coefficient (Wildman–Crippen LogP) is -0.659. The highest BCUT2D eigenvalue weighted by Gasteiger charge is 2.23. The lowest BCUT2D eigenvalue weighted by Gasteiger charge is -2.29. The molecule has 0 aromatic rings. The molecule has 86 valence electrons. The third-order valence-electron chi connectivity index (χ3n) is 2.22. The van der Waals surface area contributed by atoms with E-state index in [1.165, 1.54) is 6.08 Å². The molecular formula is C11H16O4-2. The van der Waals surface area contributed by atoms with E-state index in [4.69, 9.17) is 0 Å². The van der Waals surface area contributed by atoms with Crippen molar-refractivity contribution >= 4 is 11.9 Å². The van der Waals surface area contributed by atoms with Crippen LogP contribution in [0.2, 0.25) is 0 Å². The normalized spacial score (nSPS) is 12.8. The number of rotatable bonds is 7. The SMILES string of the molecule is C=CCC(CC(C)C)C(C(=O)[O-])C(=O)[O-]. The standard InChI is InChI=1S/C11H18O4/c1-4-5-8(6-7(2)3)9(10(12)13)11(14)15/h4,7-9H,1,5-6H2,2-3H3,(H,12,13)(H,14,15)/p-2. The van der Waals surface area contributed by atoms with E-state index in [0.29, 0.717) is 12.8 Å². The fraction of sp³-hybridized carbons (Fsp3) is 0.636. The Bertz CT molecular complexity index is 231. The molecule has 0 rings (SSSR count). The highest BCUT2D eigenvalue weighted by molar-refractivity contribution is 5.91. The van der Waals surface area contributed by atoms with E-state index in [1.54, 1.807) is 0 Å². The van der Waals surface area contributed by atoms with Gasteiger partial charge in [0.05, 0.1) is 11.9 Å². The van der Waals surface area contributed by atoms with E-state index in [1.807, 2.05) is 13.8 Å². The first-order valence-corrected chi connectivity index (χ1v) is 4.92. The van der Waals surface area contributed by atoms with Gasteiger partial charge in [-0.1, -0.05) is 19.9 Å². The van der Waals surface area contributed by atoms with Gasteiger partial charge in [0.25, 0.3) is 0 Å². The summed E-state index contributed by atoms with van der Waals surface area (Å²) in [6.07, 6.45) is 2.36. The molecule has 0 aliphatic heterocycles. The van der Waals surface area contributed by atoms with Crippen molar-refractivity contribution in [2.24, 2.45) is 17.8 Å². The van der Waals surface area contributed by atoms with Crippen LogP contribution in [-0.4, -0.2) is 11.9 Å². The lowest BCUT2D eigenvalue weighted by molar-refractivity contribution is -0.334. The molecule has 1 atom stereocenters. The van der Waals surface area contributed by atoms with E-state index < -0.39 is 23.8 Å². The van der Waals surface area contributed by atoms with Gasteiger partial charge in [-0.05, 0) is 24.7 Å². The molecule has 0 amide bonds. The van der Waals surface area contributed by atoms with E-state index in [9.17, 15) is 19.8 Å². The van der Waals surface area contributed by atoms with Crippen LogP contribution in [-0.2, 0) is 9.59 Å². The number of carboxylic acid groups (broad SMARTS) is 2. The minimum absolute atomic E-state index is 0.219. The summed E-state index contributed by atoms with van der Waals surface area (Å²) in [4.78, 5) is 21.3. The molecule has 0 aromatic carbocycles. The summed E-state index contributed by atoms with van der Waals surface area (Å²) in [6.45, 7) is 7.28. The topological polar surface area (TPSA) is 80.3 Å². The number of carbonyl (C=O) groups is 2. The van der Waals surface area contributed by atoms with Crippen LogP contribution in [0.15, 0.2) is 12.7 Å². The minimum atomic E-state index is -1.58. The Morgan fingerprint density at radius 3 is 2.00 bits per heavy atom. The molecule has 0 bridgehead atoms. The molecule has 0 heterocycles. The van der Waals surface area contributed by atoms with Crippen molar-refractivity contribution in [1.82, 2.24) is 0 Å². The Hall–Kier alpha value is -1.32. The first-order valence-electron chi connectivity index (χ1n) is 4.92. The zero-order valence-electron chi connectivity index (χ0n) is 9.06. The third kappa shape index (κ3) is 4.63. The Kier molecular flexibility index (Phi) is 5.67. The first-order chi connectivity index (χ1) is 6.90. The zero-order valence-corrected chi connectivity index (χ0v) is 9.06. The second-order valence-corrected chi connectivity index (χ2v) is 4.03. The van der Waals surface area contributed by atoms with Gasteiger partial charge in [-0.3, -0.25) is 0 Å². The largest absolute Gasteiger partial charge is 0.549 e. The number of carboxylic acids is 2. The zero-order chi connectivity index (χ0) is 12.0. The number of hydrogen-bond acceptors (Lipinski definition) is 4.